The van der Waals surface area contributed by atoms with E-state index in [4.69, 9.17) is 4.74 Å². The number of ether oxygens (including phenoxy) is 1. The Morgan fingerprint density at radius 1 is 1.04 bits per heavy atom. The molecule has 1 N–H and O–H groups in total. The maximum atomic E-state index is 13.7. The van der Waals surface area contributed by atoms with E-state index >= 15 is 0 Å². The maximum Gasteiger partial charge on any atom is 0.123 e. The molecule has 0 radical (unpaired) electrons. The van der Waals surface area contributed by atoms with Crippen molar-refractivity contribution in [2.24, 2.45) is 0 Å². The Labute approximate surface area is 134 Å². The second-order valence-corrected chi connectivity index (χ2v) is 6.14. The van der Waals surface area contributed by atoms with Crippen molar-refractivity contribution in [2.45, 2.75) is 20.0 Å². The summed E-state index contributed by atoms with van der Waals surface area (Å²) in [5.74, 6) is -0.0442. The highest BCUT2D eigenvalue weighted by molar-refractivity contribution is 6.06. The van der Waals surface area contributed by atoms with Crippen LogP contribution in [0.1, 0.15) is 28.4 Å². The SMILES string of the molecule is COC1c2cc(F)ccc2-c2c1cc(O)c1ccc(C)c(C)c21. The largest absolute Gasteiger partial charge is 0.507 e. The fraction of sp³-hybridized carbons (Fsp3) is 0.200. The normalized spacial score (nSPS) is 15.7. The molecule has 116 valence electrons. The zero-order valence-electron chi connectivity index (χ0n) is 13.3. The average Bonchev–Trinajstić information content (AvgIpc) is 2.82. The first-order valence-electron chi connectivity index (χ1n) is 7.61. The van der Waals surface area contributed by atoms with Crippen LogP contribution in [0, 0.1) is 19.7 Å². The molecule has 1 aliphatic rings. The zero-order chi connectivity index (χ0) is 16.3. The maximum absolute atomic E-state index is 13.7. The molecule has 0 amide bonds. The third kappa shape index (κ3) is 1.83. The molecule has 0 aliphatic heterocycles. The molecule has 3 aromatic carbocycles. The standard InChI is InChI=1S/C20H17FO2/c1-10-4-6-14-17(22)9-16-19(18(14)11(10)2)13-7-5-12(21)8-15(13)20(16)23-3/h4-9,20,22H,1-3H3. The highest BCUT2D eigenvalue weighted by Crippen LogP contribution is 2.51. The molecule has 0 spiro atoms. The molecule has 1 unspecified atom stereocenters. The van der Waals surface area contributed by atoms with Crippen LogP contribution >= 0.6 is 0 Å². The molecule has 1 atom stereocenters. The van der Waals surface area contributed by atoms with Crippen molar-refractivity contribution in [1.82, 2.24) is 0 Å². The molecule has 0 aromatic heterocycles. The van der Waals surface area contributed by atoms with Crippen molar-refractivity contribution in [1.29, 1.82) is 0 Å². The van der Waals surface area contributed by atoms with Gasteiger partial charge in [-0.1, -0.05) is 18.2 Å². The number of phenols is 1. The van der Waals surface area contributed by atoms with E-state index in [2.05, 4.69) is 13.8 Å². The fourth-order valence-electron chi connectivity index (χ4n) is 3.69. The van der Waals surface area contributed by atoms with E-state index in [1.807, 2.05) is 12.1 Å². The number of methoxy groups -OCH3 is 1. The molecule has 0 saturated heterocycles. The van der Waals surface area contributed by atoms with Crippen LogP contribution in [-0.4, -0.2) is 12.2 Å². The molecule has 3 heteroatoms. The number of rotatable bonds is 1. The fourth-order valence-corrected chi connectivity index (χ4v) is 3.69. The minimum absolute atomic E-state index is 0.233. The van der Waals surface area contributed by atoms with E-state index in [1.54, 1.807) is 19.2 Å². The Bertz CT molecular complexity index is 960. The molecule has 4 rings (SSSR count). The quantitative estimate of drug-likeness (QED) is 0.684. The van der Waals surface area contributed by atoms with Crippen LogP contribution in [0.15, 0.2) is 36.4 Å². The minimum atomic E-state index is -0.356. The molecule has 3 aromatic rings. The average molecular weight is 308 g/mol. The van der Waals surface area contributed by atoms with Crippen LogP contribution in [0.3, 0.4) is 0 Å². The molecule has 1 aliphatic carbocycles. The Morgan fingerprint density at radius 2 is 1.83 bits per heavy atom. The van der Waals surface area contributed by atoms with Gasteiger partial charge in [0.15, 0.2) is 0 Å². The first-order chi connectivity index (χ1) is 11.0. The third-order valence-corrected chi connectivity index (χ3v) is 4.93. The lowest BCUT2D eigenvalue weighted by atomic mass is 9.92. The van der Waals surface area contributed by atoms with Crippen LogP contribution in [0.5, 0.6) is 5.75 Å². The van der Waals surface area contributed by atoms with Crippen molar-refractivity contribution in [2.75, 3.05) is 7.11 Å². The van der Waals surface area contributed by atoms with Gasteiger partial charge in [0.05, 0.1) is 0 Å². The van der Waals surface area contributed by atoms with Gasteiger partial charge in [0.25, 0.3) is 0 Å². The number of phenolic OH excluding ortho intramolecular Hbond substituents is 1. The predicted molar refractivity (Wildman–Crippen MR) is 89.3 cm³/mol. The molecule has 23 heavy (non-hydrogen) atoms. The van der Waals surface area contributed by atoms with Gasteiger partial charge in [0, 0.05) is 12.5 Å². The topological polar surface area (TPSA) is 29.5 Å². The summed E-state index contributed by atoms with van der Waals surface area (Å²) in [7, 11) is 1.61. The summed E-state index contributed by atoms with van der Waals surface area (Å²) in [6.07, 6.45) is -0.356. The summed E-state index contributed by atoms with van der Waals surface area (Å²) in [5, 5.41) is 12.3. The highest BCUT2D eigenvalue weighted by atomic mass is 19.1. The van der Waals surface area contributed by atoms with Gasteiger partial charge < -0.3 is 9.84 Å². The molecular weight excluding hydrogens is 291 g/mol. The van der Waals surface area contributed by atoms with Gasteiger partial charge in [0.1, 0.15) is 17.7 Å². The van der Waals surface area contributed by atoms with Gasteiger partial charge in [-0.3, -0.25) is 0 Å². The molecule has 2 nitrogen and oxygen atoms in total. The molecular formula is C20H17FO2. The highest BCUT2D eigenvalue weighted by Gasteiger charge is 2.32. The van der Waals surface area contributed by atoms with Crippen LogP contribution < -0.4 is 0 Å². The lowest BCUT2D eigenvalue weighted by Gasteiger charge is -2.15. The number of halogens is 1. The van der Waals surface area contributed by atoms with Crippen molar-refractivity contribution in [3.8, 4) is 16.9 Å². The molecule has 0 saturated carbocycles. The molecule has 0 fully saturated rings. The number of benzene rings is 3. The van der Waals surface area contributed by atoms with Gasteiger partial charge in [-0.05, 0) is 70.8 Å². The van der Waals surface area contributed by atoms with Gasteiger partial charge in [-0.25, -0.2) is 4.39 Å². The first kappa shape index (κ1) is 14.2. The zero-order valence-corrected chi connectivity index (χ0v) is 13.3. The summed E-state index contributed by atoms with van der Waals surface area (Å²) in [4.78, 5) is 0. The van der Waals surface area contributed by atoms with Crippen LogP contribution in [0.2, 0.25) is 0 Å². The summed E-state index contributed by atoms with van der Waals surface area (Å²) < 4.78 is 19.3. The summed E-state index contributed by atoms with van der Waals surface area (Å²) >= 11 is 0. The second-order valence-electron chi connectivity index (χ2n) is 6.14. The first-order valence-corrected chi connectivity index (χ1v) is 7.61. The van der Waals surface area contributed by atoms with Crippen LogP contribution in [0.25, 0.3) is 21.9 Å². The number of fused-ring (bicyclic) bond motifs is 5. The smallest absolute Gasteiger partial charge is 0.123 e. The monoisotopic (exact) mass is 308 g/mol. The number of hydrogen-bond acceptors (Lipinski definition) is 2. The molecule has 0 bridgehead atoms. The van der Waals surface area contributed by atoms with Gasteiger partial charge in [0.2, 0.25) is 0 Å². The van der Waals surface area contributed by atoms with Crippen molar-refractivity contribution in [3.05, 3.63) is 64.5 Å². The Kier molecular flexibility index (Phi) is 2.97. The van der Waals surface area contributed by atoms with E-state index in [-0.39, 0.29) is 17.7 Å². The Balaban J connectivity index is 2.21. The summed E-state index contributed by atoms with van der Waals surface area (Å²) in [5.41, 5.74) is 6.02. The van der Waals surface area contributed by atoms with E-state index < -0.39 is 0 Å². The van der Waals surface area contributed by atoms with Crippen LogP contribution in [0.4, 0.5) is 4.39 Å². The van der Waals surface area contributed by atoms with E-state index in [0.29, 0.717) is 0 Å². The number of hydrogen-bond donors (Lipinski definition) is 1. The van der Waals surface area contributed by atoms with Crippen molar-refractivity contribution >= 4 is 10.8 Å². The Hall–Kier alpha value is -2.39. The minimum Gasteiger partial charge on any atom is -0.507 e. The van der Waals surface area contributed by atoms with E-state index in [1.165, 1.54) is 12.1 Å². The predicted octanol–water partition coefficient (Wildman–Crippen LogP) is 5.02. The van der Waals surface area contributed by atoms with Gasteiger partial charge >= 0.3 is 0 Å². The van der Waals surface area contributed by atoms with Gasteiger partial charge in [-0.2, -0.15) is 0 Å². The number of aromatic hydroxyl groups is 1. The molecule has 0 heterocycles. The van der Waals surface area contributed by atoms with Crippen molar-refractivity contribution < 1.29 is 14.2 Å². The second kappa shape index (κ2) is 4.80. The lowest BCUT2D eigenvalue weighted by Crippen LogP contribution is -1.99. The summed E-state index contributed by atoms with van der Waals surface area (Å²) in [6, 6.07) is 10.5. The lowest BCUT2D eigenvalue weighted by molar-refractivity contribution is 0.139. The van der Waals surface area contributed by atoms with Gasteiger partial charge in [-0.15, -0.1) is 0 Å². The Morgan fingerprint density at radius 3 is 2.57 bits per heavy atom. The number of aryl methyl sites for hydroxylation is 2. The van der Waals surface area contributed by atoms with E-state index in [0.717, 1.165) is 44.2 Å². The third-order valence-electron chi connectivity index (χ3n) is 4.93. The van der Waals surface area contributed by atoms with Crippen molar-refractivity contribution in [3.63, 3.8) is 0 Å². The summed E-state index contributed by atoms with van der Waals surface area (Å²) in [6.45, 7) is 4.11. The van der Waals surface area contributed by atoms with Crippen LogP contribution in [-0.2, 0) is 4.74 Å². The van der Waals surface area contributed by atoms with E-state index in [9.17, 15) is 9.50 Å².